The molecule has 0 heterocycles. The minimum absolute atomic E-state index is 0.0927. The van der Waals surface area contributed by atoms with Crippen molar-refractivity contribution in [2.24, 2.45) is 5.92 Å². The fourth-order valence-corrected chi connectivity index (χ4v) is 2.95. The van der Waals surface area contributed by atoms with Crippen LogP contribution in [0.2, 0.25) is 0 Å². The number of hydrogen-bond acceptors (Lipinski definition) is 4. The van der Waals surface area contributed by atoms with Crippen LogP contribution in [-0.4, -0.2) is 34.0 Å². The average molecular weight is 328 g/mol. The first-order valence-electron chi connectivity index (χ1n) is 7.20. The summed E-state index contributed by atoms with van der Waals surface area (Å²) in [5.74, 6) is 0.711. The lowest BCUT2D eigenvalue weighted by atomic mass is 10.1. The molecule has 7 heteroatoms. The maximum Gasteiger partial charge on any atom is 0.241 e. The van der Waals surface area contributed by atoms with Crippen LogP contribution < -0.4 is 14.8 Å². The summed E-state index contributed by atoms with van der Waals surface area (Å²) in [7, 11) is -2.23. The number of hydrogen-bond donors (Lipinski definition) is 2. The largest absolute Gasteiger partial charge is 0.497 e. The number of methoxy groups -OCH3 is 1. The van der Waals surface area contributed by atoms with E-state index in [1.807, 2.05) is 0 Å². The molecular formula is C15H24N2O4S. The third-order valence-electron chi connectivity index (χ3n) is 3.12. The van der Waals surface area contributed by atoms with E-state index in [9.17, 15) is 13.2 Å². The van der Waals surface area contributed by atoms with Crippen LogP contribution in [0.15, 0.2) is 29.2 Å². The Morgan fingerprint density at radius 1 is 1.18 bits per heavy atom. The molecule has 1 atom stereocenters. The predicted molar refractivity (Wildman–Crippen MR) is 85.2 cm³/mol. The molecule has 1 rings (SSSR count). The second-order valence-corrected chi connectivity index (χ2v) is 7.21. The van der Waals surface area contributed by atoms with E-state index in [-0.39, 0.29) is 10.8 Å². The molecule has 6 nitrogen and oxygen atoms in total. The smallest absolute Gasteiger partial charge is 0.241 e. The third-order valence-corrected chi connectivity index (χ3v) is 4.67. The van der Waals surface area contributed by atoms with Crippen molar-refractivity contribution in [3.63, 3.8) is 0 Å². The van der Waals surface area contributed by atoms with E-state index in [4.69, 9.17) is 4.74 Å². The maximum atomic E-state index is 12.2. The average Bonchev–Trinajstić information content (AvgIpc) is 2.46. The second-order valence-electron chi connectivity index (χ2n) is 5.49. The normalized spacial score (nSPS) is 13.0. The van der Waals surface area contributed by atoms with Crippen molar-refractivity contribution in [2.45, 2.75) is 38.1 Å². The molecular weight excluding hydrogens is 304 g/mol. The van der Waals surface area contributed by atoms with Crippen molar-refractivity contribution in [3.8, 4) is 5.75 Å². The van der Waals surface area contributed by atoms with Crippen LogP contribution in [0.3, 0.4) is 0 Å². The van der Waals surface area contributed by atoms with Crippen LogP contribution in [-0.2, 0) is 14.8 Å². The third kappa shape index (κ3) is 5.65. The zero-order valence-corrected chi connectivity index (χ0v) is 14.2. The van der Waals surface area contributed by atoms with Crippen LogP contribution in [0.5, 0.6) is 5.75 Å². The minimum atomic E-state index is -3.74. The van der Waals surface area contributed by atoms with E-state index >= 15 is 0 Å². The molecule has 1 amide bonds. The molecule has 1 aromatic rings. The number of amides is 1. The number of sulfonamides is 1. The zero-order chi connectivity index (χ0) is 16.8. The summed E-state index contributed by atoms with van der Waals surface area (Å²) in [4.78, 5) is 12.0. The highest BCUT2D eigenvalue weighted by Gasteiger charge is 2.21. The Morgan fingerprint density at radius 2 is 1.77 bits per heavy atom. The number of carbonyl (C=O) groups is 1. The van der Waals surface area contributed by atoms with Crippen molar-refractivity contribution in [1.29, 1.82) is 0 Å². The number of rotatable bonds is 8. The van der Waals surface area contributed by atoms with Crippen molar-refractivity contribution >= 4 is 15.9 Å². The molecule has 0 fully saturated rings. The second kappa shape index (κ2) is 8.14. The van der Waals surface area contributed by atoms with Gasteiger partial charge in [0.15, 0.2) is 0 Å². The molecule has 1 aromatic carbocycles. The highest BCUT2D eigenvalue weighted by Crippen LogP contribution is 2.15. The molecule has 0 aliphatic carbocycles. The van der Waals surface area contributed by atoms with E-state index in [2.05, 4.69) is 23.9 Å². The monoisotopic (exact) mass is 328 g/mol. The molecule has 0 bridgehead atoms. The summed E-state index contributed by atoms with van der Waals surface area (Å²) in [6.45, 7) is 6.17. The van der Waals surface area contributed by atoms with Crippen molar-refractivity contribution in [1.82, 2.24) is 10.0 Å². The molecule has 124 valence electrons. The summed E-state index contributed by atoms with van der Waals surface area (Å²) < 4.78 is 31.7. The van der Waals surface area contributed by atoms with Crippen molar-refractivity contribution in [2.75, 3.05) is 13.7 Å². The molecule has 1 unspecified atom stereocenters. The molecule has 0 saturated carbocycles. The molecule has 0 aliphatic rings. The van der Waals surface area contributed by atoms with Crippen LogP contribution in [0.4, 0.5) is 0 Å². The van der Waals surface area contributed by atoms with Crippen LogP contribution in [0, 0.1) is 5.92 Å². The highest BCUT2D eigenvalue weighted by atomic mass is 32.2. The van der Waals surface area contributed by atoms with Gasteiger partial charge in [-0.3, -0.25) is 4.79 Å². The van der Waals surface area contributed by atoms with Gasteiger partial charge in [-0.1, -0.05) is 13.8 Å². The highest BCUT2D eigenvalue weighted by molar-refractivity contribution is 7.89. The summed E-state index contributed by atoms with van der Waals surface area (Å²) in [6, 6.07) is 5.15. The molecule has 0 aromatic heterocycles. The minimum Gasteiger partial charge on any atom is -0.497 e. The quantitative estimate of drug-likeness (QED) is 0.758. The van der Waals surface area contributed by atoms with Crippen molar-refractivity contribution < 1.29 is 17.9 Å². The lowest BCUT2D eigenvalue weighted by Crippen LogP contribution is -2.45. The van der Waals surface area contributed by atoms with Gasteiger partial charge in [0.2, 0.25) is 15.9 Å². The number of carbonyl (C=O) groups excluding carboxylic acids is 1. The van der Waals surface area contributed by atoms with Gasteiger partial charge >= 0.3 is 0 Å². The van der Waals surface area contributed by atoms with Gasteiger partial charge in [0.25, 0.3) is 0 Å². The van der Waals surface area contributed by atoms with Crippen LogP contribution in [0.25, 0.3) is 0 Å². The van der Waals surface area contributed by atoms with Gasteiger partial charge < -0.3 is 10.1 Å². The van der Waals surface area contributed by atoms with Gasteiger partial charge in [-0.2, -0.15) is 4.72 Å². The SMILES string of the molecule is COc1ccc(S(=O)(=O)NC(C)C(=O)NCCC(C)C)cc1. The molecule has 0 aliphatic heterocycles. The Morgan fingerprint density at radius 3 is 2.27 bits per heavy atom. The predicted octanol–water partition coefficient (Wildman–Crippen LogP) is 1.52. The topological polar surface area (TPSA) is 84.5 Å². The summed E-state index contributed by atoms with van der Waals surface area (Å²) in [5, 5.41) is 2.72. The molecule has 22 heavy (non-hydrogen) atoms. The molecule has 0 saturated heterocycles. The Kier molecular flexibility index (Phi) is 6.83. The Bertz CT molecular complexity index is 582. The summed E-state index contributed by atoms with van der Waals surface area (Å²) >= 11 is 0. The van der Waals surface area contributed by atoms with E-state index < -0.39 is 16.1 Å². The summed E-state index contributed by atoms with van der Waals surface area (Å²) in [6.07, 6.45) is 0.851. The first-order valence-corrected chi connectivity index (χ1v) is 8.68. The lowest BCUT2D eigenvalue weighted by Gasteiger charge is -2.15. The maximum absolute atomic E-state index is 12.2. The first kappa shape index (κ1) is 18.4. The van der Waals surface area contributed by atoms with E-state index in [1.54, 1.807) is 12.1 Å². The van der Waals surface area contributed by atoms with E-state index in [0.29, 0.717) is 18.2 Å². The number of benzene rings is 1. The van der Waals surface area contributed by atoms with Gasteiger partial charge in [-0.05, 0) is 43.5 Å². The van der Waals surface area contributed by atoms with Gasteiger partial charge in [-0.15, -0.1) is 0 Å². The van der Waals surface area contributed by atoms with Gasteiger partial charge in [0, 0.05) is 6.54 Å². The zero-order valence-electron chi connectivity index (χ0n) is 13.4. The fourth-order valence-electron chi connectivity index (χ4n) is 1.75. The van der Waals surface area contributed by atoms with Crippen molar-refractivity contribution in [3.05, 3.63) is 24.3 Å². The Balaban J connectivity index is 2.64. The van der Waals surface area contributed by atoms with E-state index in [1.165, 1.54) is 26.2 Å². The Labute approximate surface area is 132 Å². The fraction of sp³-hybridized carbons (Fsp3) is 0.533. The molecule has 0 spiro atoms. The van der Waals surface area contributed by atoms with Crippen LogP contribution >= 0.6 is 0 Å². The Hall–Kier alpha value is -1.60. The standard InChI is InChI=1S/C15H24N2O4S/c1-11(2)9-10-16-15(18)12(3)17-22(19,20)14-7-5-13(21-4)6-8-14/h5-8,11-12,17H,9-10H2,1-4H3,(H,16,18). The van der Waals surface area contributed by atoms with Crippen LogP contribution in [0.1, 0.15) is 27.2 Å². The summed E-state index contributed by atoms with van der Waals surface area (Å²) in [5.41, 5.74) is 0. The molecule has 2 N–H and O–H groups in total. The van der Waals surface area contributed by atoms with Gasteiger partial charge in [-0.25, -0.2) is 8.42 Å². The van der Waals surface area contributed by atoms with E-state index in [0.717, 1.165) is 6.42 Å². The van der Waals surface area contributed by atoms with Gasteiger partial charge in [0.1, 0.15) is 5.75 Å². The number of ether oxygens (including phenoxy) is 1. The number of nitrogens with one attached hydrogen (secondary N) is 2. The molecule has 0 radical (unpaired) electrons. The lowest BCUT2D eigenvalue weighted by molar-refractivity contribution is -0.122. The first-order chi connectivity index (χ1) is 10.3. The van der Waals surface area contributed by atoms with Gasteiger partial charge in [0.05, 0.1) is 18.0 Å².